The van der Waals surface area contributed by atoms with Gasteiger partial charge in [0.2, 0.25) is 0 Å². The van der Waals surface area contributed by atoms with Crippen LogP contribution in [0.4, 0.5) is 8.78 Å². The molecule has 2 atom stereocenters. The summed E-state index contributed by atoms with van der Waals surface area (Å²) in [6.07, 6.45) is 0. The summed E-state index contributed by atoms with van der Waals surface area (Å²) in [4.78, 5) is 0. The molecule has 2 aromatic carbocycles. The Morgan fingerprint density at radius 1 is 0.833 bits per heavy atom. The van der Waals surface area contributed by atoms with Gasteiger partial charge in [-0.3, -0.25) is 0 Å². The summed E-state index contributed by atoms with van der Waals surface area (Å²) >= 11 is 0. The molecular formula is C16H16F2. The van der Waals surface area contributed by atoms with Crippen LogP contribution in [-0.4, -0.2) is 0 Å². The lowest BCUT2D eigenvalue weighted by atomic mass is 9.84. The zero-order valence-electron chi connectivity index (χ0n) is 10.5. The lowest BCUT2D eigenvalue weighted by Gasteiger charge is -2.21. The minimum atomic E-state index is -0.532. The maximum absolute atomic E-state index is 13.7. The van der Waals surface area contributed by atoms with Gasteiger partial charge in [0.25, 0.3) is 0 Å². The van der Waals surface area contributed by atoms with Gasteiger partial charge >= 0.3 is 0 Å². The minimum Gasteiger partial charge on any atom is -0.207 e. The molecule has 0 aliphatic carbocycles. The fraction of sp³-hybridized carbons (Fsp3) is 0.250. The van der Waals surface area contributed by atoms with E-state index in [1.807, 2.05) is 37.3 Å². The van der Waals surface area contributed by atoms with Crippen LogP contribution >= 0.6 is 0 Å². The molecule has 0 spiro atoms. The first-order valence-electron chi connectivity index (χ1n) is 6.09. The van der Waals surface area contributed by atoms with Crippen LogP contribution in [0.5, 0.6) is 0 Å². The fourth-order valence-electron chi connectivity index (χ4n) is 2.19. The second-order valence-corrected chi connectivity index (χ2v) is 4.65. The van der Waals surface area contributed by atoms with Crippen LogP contribution in [0, 0.1) is 11.6 Å². The maximum atomic E-state index is 13.7. The van der Waals surface area contributed by atoms with Gasteiger partial charge in [0.05, 0.1) is 0 Å². The summed E-state index contributed by atoms with van der Waals surface area (Å²) in [5, 5.41) is 0. The Balaban J connectivity index is 2.28. The van der Waals surface area contributed by atoms with Crippen molar-refractivity contribution < 1.29 is 8.78 Å². The molecule has 0 saturated heterocycles. The fourth-order valence-corrected chi connectivity index (χ4v) is 2.19. The smallest absolute Gasteiger partial charge is 0.129 e. The molecule has 0 aliphatic heterocycles. The summed E-state index contributed by atoms with van der Waals surface area (Å²) in [6.45, 7) is 4.02. The molecule has 0 aliphatic rings. The van der Waals surface area contributed by atoms with Crippen molar-refractivity contribution in [3.8, 4) is 0 Å². The topological polar surface area (TPSA) is 0 Å². The number of halogens is 2. The Labute approximate surface area is 106 Å². The summed E-state index contributed by atoms with van der Waals surface area (Å²) < 4.78 is 26.6. The quantitative estimate of drug-likeness (QED) is 0.724. The van der Waals surface area contributed by atoms with Gasteiger partial charge < -0.3 is 0 Å². The van der Waals surface area contributed by atoms with Crippen LogP contribution in [0.15, 0.2) is 48.5 Å². The molecule has 0 saturated carbocycles. The van der Waals surface area contributed by atoms with Crippen molar-refractivity contribution in [2.75, 3.05) is 0 Å². The minimum absolute atomic E-state index is 0.00741. The molecule has 2 aromatic rings. The first kappa shape index (κ1) is 12.7. The van der Waals surface area contributed by atoms with Crippen LogP contribution in [0.2, 0.25) is 0 Å². The van der Waals surface area contributed by atoms with E-state index in [2.05, 4.69) is 6.92 Å². The van der Waals surface area contributed by atoms with Crippen LogP contribution < -0.4 is 0 Å². The molecule has 0 heterocycles. The summed E-state index contributed by atoms with van der Waals surface area (Å²) in [5.74, 6) is -0.805. The predicted molar refractivity (Wildman–Crippen MR) is 69.6 cm³/mol. The van der Waals surface area contributed by atoms with Crippen molar-refractivity contribution in [3.05, 3.63) is 71.3 Å². The largest absolute Gasteiger partial charge is 0.207 e. The molecule has 0 N–H and O–H groups in total. The third-order valence-electron chi connectivity index (χ3n) is 3.53. The zero-order chi connectivity index (χ0) is 13.1. The Morgan fingerprint density at radius 2 is 1.50 bits per heavy atom. The van der Waals surface area contributed by atoms with Crippen LogP contribution in [0.1, 0.15) is 36.8 Å². The molecule has 94 valence electrons. The lowest BCUT2D eigenvalue weighted by molar-refractivity contribution is 0.537. The Morgan fingerprint density at radius 3 is 2.11 bits per heavy atom. The Hall–Kier alpha value is -1.70. The molecule has 2 rings (SSSR count). The molecule has 0 amide bonds. The third kappa shape index (κ3) is 2.58. The Bertz CT molecular complexity index is 520. The zero-order valence-corrected chi connectivity index (χ0v) is 10.5. The van der Waals surface area contributed by atoms with Gasteiger partial charge in [0.1, 0.15) is 11.6 Å². The SMILES string of the molecule is CC(c1ccccc1)C(C)c1ccc(F)cc1F. The van der Waals surface area contributed by atoms with E-state index in [-0.39, 0.29) is 11.8 Å². The van der Waals surface area contributed by atoms with Gasteiger partial charge in [0, 0.05) is 6.07 Å². The first-order chi connectivity index (χ1) is 8.59. The molecule has 2 heteroatoms. The number of rotatable bonds is 3. The molecule has 0 radical (unpaired) electrons. The van der Waals surface area contributed by atoms with E-state index in [1.165, 1.54) is 12.1 Å². The van der Waals surface area contributed by atoms with Crippen LogP contribution in [-0.2, 0) is 0 Å². The predicted octanol–water partition coefficient (Wildman–Crippen LogP) is 4.87. The van der Waals surface area contributed by atoms with Crippen molar-refractivity contribution in [2.45, 2.75) is 25.7 Å². The Kier molecular flexibility index (Phi) is 3.75. The molecular weight excluding hydrogens is 230 g/mol. The highest BCUT2D eigenvalue weighted by atomic mass is 19.1. The van der Waals surface area contributed by atoms with Gasteiger partial charge in [-0.05, 0) is 29.0 Å². The van der Waals surface area contributed by atoms with Crippen molar-refractivity contribution in [1.82, 2.24) is 0 Å². The molecule has 0 aromatic heterocycles. The highest BCUT2D eigenvalue weighted by Crippen LogP contribution is 2.33. The van der Waals surface area contributed by atoms with Gasteiger partial charge in [-0.25, -0.2) is 8.78 Å². The molecule has 18 heavy (non-hydrogen) atoms. The summed E-state index contributed by atoms with van der Waals surface area (Å²) in [7, 11) is 0. The molecule has 2 unspecified atom stereocenters. The third-order valence-corrected chi connectivity index (χ3v) is 3.53. The van der Waals surface area contributed by atoms with Gasteiger partial charge in [0.15, 0.2) is 0 Å². The second kappa shape index (κ2) is 5.30. The highest BCUT2D eigenvalue weighted by Gasteiger charge is 2.19. The van der Waals surface area contributed by atoms with Gasteiger partial charge in [-0.15, -0.1) is 0 Å². The van der Waals surface area contributed by atoms with E-state index >= 15 is 0 Å². The first-order valence-corrected chi connectivity index (χ1v) is 6.09. The number of hydrogen-bond acceptors (Lipinski definition) is 0. The number of hydrogen-bond donors (Lipinski definition) is 0. The average Bonchev–Trinajstić information content (AvgIpc) is 2.38. The van der Waals surface area contributed by atoms with E-state index < -0.39 is 11.6 Å². The van der Waals surface area contributed by atoms with E-state index in [4.69, 9.17) is 0 Å². The molecule has 0 nitrogen and oxygen atoms in total. The number of benzene rings is 2. The standard InChI is InChI=1S/C16H16F2/c1-11(13-6-4-3-5-7-13)12(2)15-9-8-14(17)10-16(15)18/h3-12H,1-2H3. The molecule has 0 bridgehead atoms. The van der Waals surface area contributed by atoms with Crippen molar-refractivity contribution >= 4 is 0 Å². The van der Waals surface area contributed by atoms with Crippen molar-refractivity contribution in [2.24, 2.45) is 0 Å². The highest BCUT2D eigenvalue weighted by molar-refractivity contribution is 5.28. The average molecular weight is 246 g/mol. The van der Waals surface area contributed by atoms with E-state index in [9.17, 15) is 8.78 Å². The summed E-state index contributed by atoms with van der Waals surface area (Å²) in [5.41, 5.74) is 1.72. The van der Waals surface area contributed by atoms with Crippen molar-refractivity contribution in [3.63, 3.8) is 0 Å². The molecule has 0 fully saturated rings. The van der Waals surface area contributed by atoms with E-state index in [0.29, 0.717) is 5.56 Å². The van der Waals surface area contributed by atoms with Crippen molar-refractivity contribution in [1.29, 1.82) is 0 Å². The van der Waals surface area contributed by atoms with E-state index in [0.717, 1.165) is 11.6 Å². The van der Waals surface area contributed by atoms with Crippen LogP contribution in [0.3, 0.4) is 0 Å². The van der Waals surface area contributed by atoms with E-state index in [1.54, 1.807) is 0 Å². The van der Waals surface area contributed by atoms with Gasteiger partial charge in [-0.1, -0.05) is 50.2 Å². The second-order valence-electron chi connectivity index (χ2n) is 4.65. The normalized spacial score (nSPS) is 14.2. The van der Waals surface area contributed by atoms with Gasteiger partial charge in [-0.2, -0.15) is 0 Å². The monoisotopic (exact) mass is 246 g/mol. The maximum Gasteiger partial charge on any atom is 0.129 e. The summed E-state index contributed by atoms with van der Waals surface area (Å²) in [6, 6.07) is 13.8. The van der Waals surface area contributed by atoms with Crippen LogP contribution in [0.25, 0.3) is 0 Å². The lowest BCUT2D eigenvalue weighted by Crippen LogP contribution is -2.07.